The first-order chi connectivity index (χ1) is 11.3. The molecule has 0 bridgehead atoms. The van der Waals surface area contributed by atoms with Gasteiger partial charge in [-0.2, -0.15) is 5.10 Å². The number of hydrazone groups is 1. The molecule has 1 aliphatic carbocycles. The van der Waals surface area contributed by atoms with E-state index in [1.807, 2.05) is 6.92 Å². The SMILES string of the molecule is CC(=NNc1ccc([N+](=O)[O-])cc1[N+](=O)[O-])C1(C)CC=CCC1C. The maximum atomic E-state index is 11.1. The Balaban J connectivity index is 2.29. The molecule has 0 spiro atoms. The first-order valence-electron chi connectivity index (χ1n) is 7.64. The molecule has 1 aliphatic rings. The van der Waals surface area contributed by atoms with E-state index in [9.17, 15) is 20.2 Å². The van der Waals surface area contributed by atoms with Crippen LogP contribution in [0.2, 0.25) is 0 Å². The van der Waals surface area contributed by atoms with Gasteiger partial charge in [0.15, 0.2) is 0 Å². The van der Waals surface area contributed by atoms with Gasteiger partial charge >= 0.3 is 5.69 Å². The third kappa shape index (κ3) is 3.42. The average molecular weight is 332 g/mol. The molecule has 128 valence electrons. The number of hydrogen-bond donors (Lipinski definition) is 1. The van der Waals surface area contributed by atoms with Gasteiger partial charge in [0.05, 0.1) is 15.9 Å². The Morgan fingerprint density at radius 2 is 2.00 bits per heavy atom. The van der Waals surface area contributed by atoms with Crippen LogP contribution >= 0.6 is 0 Å². The molecule has 0 aromatic heterocycles. The highest BCUT2D eigenvalue weighted by atomic mass is 16.6. The Morgan fingerprint density at radius 3 is 2.58 bits per heavy atom. The average Bonchev–Trinajstić information content (AvgIpc) is 2.54. The number of hydrogen-bond acceptors (Lipinski definition) is 6. The molecule has 2 unspecified atom stereocenters. The van der Waals surface area contributed by atoms with Crippen LogP contribution in [-0.2, 0) is 0 Å². The van der Waals surface area contributed by atoms with Crippen LogP contribution in [0.1, 0.15) is 33.6 Å². The molecule has 1 aromatic carbocycles. The number of nitrogens with one attached hydrogen (secondary N) is 1. The molecule has 0 fully saturated rings. The van der Waals surface area contributed by atoms with Crippen molar-refractivity contribution in [2.75, 3.05) is 5.43 Å². The fourth-order valence-electron chi connectivity index (χ4n) is 2.75. The number of anilines is 1. The molecule has 24 heavy (non-hydrogen) atoms. The van der Waals surface area contributed by atoms with Gasteiger partial charge in [-0.15, -0.1) is 0 Å². The van der Waals surface area contributed by atoms with Gasteiger partial charge in [0.1, 0.15) is 5.69 Å². The topological polar surface area (TPSA) is 111 Å². The zero-order valence-electron chi connectivity index (χ0n) is 13.9. The maximum Gasteiger partial charge on any atom is 0.301 e. The van der Waals surface area contributed by atoms with Gasteiger partial charge in [-0.3, -0.25) is 25.7 Å². The van der Waals surface area contributed by atoms with Crippen molar-refractivity contribution in [1.29, 1.82) is 0 Å². The van der Waals surface area contributed by atoms with Crippen LogP contribution in [0.15, 0.2) is 35.5 Å². The molecule has 1 aromatic rings. The molecule has 0 amide bonds. The van der Waals surface area contributed by atoms with Crippen LogP contribution in [0.4, 0.5) is 17.1 Å². The molecular formula is C16H20N4O4. The summed E-state index contributed by atoms with van der Waals surface area (Å²) >= 11 is 0. The summed E-state index contributed by atoms with van der Waals surface area (Å²) < 4.78 is 0. The minimum Gasteiger partial charge on any atom is -0.272 e. The largest absolute Gasteiger partial charge is 0.301 e. The molecule has 2 rings (SSSR count). The number of allylic oxidation sites excluding steroid dienone is 2. The first kappa shape index (κ1) is 17.6. The Bertz CT molecular complexity index is 729. The number of nitrogens with zero attached hydrogens (tertiary/aromatic N) is 3. The zero-order valence-corrected chi connectivity index (χ0v) is 13.9. The molecule has 2 atom stereocenters. The molecular weight excluding hydrogens is 312 g/mol. The van der Waals surface area contributed by atoms with E-state index in [2.05, 4.69) is 36.5 Å². The van der Waals surface area contributed by atoms with E-state index in [0.29, 0.717) is 5.92 Å². The quantitative estimate of drug-likeness (QED) is 0.374. The molecule has 0 saturated carbocycles. The van der Waals surface area contributed by atoms with Gasteiger partial charge in [-0.25, -0.2) is 0 Å². The molecule has 8 heteroatoms. The standard InChI is InChI=1S/C16H20N4O4/c1-11-6-4-5-9-16(11,3)12(2)17-18-14-8-7-13(19(21)22)10-15(14)20(23)24/h4-5,7-8,10-11,18H,6,9H2,1-3H3. The lowest BCUT2D eigenvalue weighted by Gasteiger charge is -2.37. The van der Waals surface area contributed by atoms with E-state index in [-0.39, 0.29) is 22.5 Å². The third-order valence-electron chi connectivity index (χ3n) is 4.85. The second kappa shape index (κ2) is 6.77. The van der Waals surface area contributed by atoms with E-state index in [1.165, 1.54) is 12.1 Å². The normalized spacial score (nSPS) is 23.8. The van der Waals surface area contributed by atoms with E-state index in [0.717, 1.165) is 24.6 Å². The lowest BCUT2D eigenvalue weighted by molar-refractivity contribution is -0.393. The van der Waals surface area contributed by atoms with Crippen molar-refractivity contribution in [3.63, 3.8) is 0 Å². The van der Waals surface area contributed by atoms with E-state index in [4.69, 9.17) is 0 Å². The van der Waals surface area contributed by atoms with Crippen LogP contribution in [0, 0.1) is 31.6 Å². The maximum absolute atomic E-state index is 11.1. The summed E-state index contributed by atoms with van der Waals surface area (Å²) in [7, 11) is 0. The monoisotopic (exact) mass is 332 g/mol. The van der Waals surface area contributed by atoms with Crippen molar-refractivity contribution >= 4 is 22.8 Å². The minimum absolute atomic E-state index is 0.128. The molecule has 0 radical (unpaired) electrons. The van der Waals surface area contributed by atoms with Crippen LogP contribution in [0.3, 0.4) is 0 Å². The Morgan fingerprint density at radius 1 is 1.29 bits per heavy atom. The van der Waals surface area contributed by atoms with Crippen molar-refractivity contribution in [2.24, 2.45) is 16.4 Å². The van der Waals surface area contributed by atoms with Crippen molar-refractivity contribution in [1.82, 2.24) is 0 Å². The molecule has 1 N–H and O–H groups in total. The fourth-order valence-corrected chi connectivity index (χ4v) is 2.75. The number of benzene rings is 1. The second-order valence-electron chi connectivity index (χ2n) is 6.25. The smallest absolute Gasteiger partial charge is 0.272 e. The van der Waals surface area contributed by atoms with Crippen molar-refractivity contribution < 1.29 is 9.85 Å². The molecule has 8 nitrogen and oxygen atoms in total. The first-order valence-corrected chi connectivity index (χ1v) is 7.64. The van der Waals surface area contributed by atoms with Gasteiger partial charge in [-0.05, 0) is 31.7 Å². The number of non-ortho nitro benzene ring substituents is 1. The van der Waals surface area contributed by atoms with Crippen molar-refractivity contribution in [3.8, 4) is 0 Å². The van der Waals surface area contributed by atoms with Gasteiger partial charge in [0, 0.05) is 17.2 Å². The second-order valence-corrected chi connectivity index (χ2v) is 6.25. The number of nitro groups is 2. The summed E-state index contributed by atoms with van der Waals surface area (Å²) in [5.41, 5.74) is 2.85. The Hall–Kier alpha value is -2.77. The van der Waals surface area contributed by atoms with Gasteiger partial charge in [0.2, 0.25) is 0 Å². The fraction of sp³-hybridized carbons (Fsp3) is 0.438. The Labute approximate surface area is 139 Å². The third-order valence-corrected chi connectivity index (χ3v) is 4.85. The van der Waals surface area contributed by atoms with Crippen LogP contribution < -0.4 is 5.43 Å². The summed E-state index contributed by atoms with van der Waals surface area (Å²) in [5, 5.41) is 26.2. The minimum atomic E-state index is -0.664. The molecule has 0 saturated heterocycles. The van der Waals surface area contributed by atoms with Gasteiger partial charge < -0.3 is 0 Å². The molecule has 0 heterocycles. The number of nitro benzene ring substituents is 2. The Kier molecular flexibility index (Phi) is 4.96. The van der Waals surface area contributed by atoms with Gasteiger partial charge in [-0.1, -0.05) is 26.0 Å². The molecule has 0 aliphatic heterocycles. The summed E-state index contributed by atoms with van der Waals surface area (Å²) in [6, 6.07) is 3.45. The summed E-state index contributed by atoms with van der Waals surface area (Å²) in [4.78, 5) is 20.6. The van der Waals surface area contributed by atoms with E-state index < -0.39 is 9.85 Å². The lowest BCUT2D eigenvalue weighted by atomic mass is 9.68. The van der Waals surface area contributed by atoms with E-state index >= 15 is 0 Å². The summed E-state index contributed by atoms with van der Waals surface area (Å²) in [6.45, 7) is 6.16. The van der Waals surface area contributed by atoms with Crippen molar-refractivity contribution in [2.45, 2.75) is 33.6 Å². The number of rotatable bonds is 5. The van der Waals surface area contributed by atoms with Crippen LogP contribution in [0.5, 0.6) is 0 Å². The highest BCUT2D eigenvalue weighted by Gasteiger charge is 2.34. The highest BCUT2D eigenvalue weighted by Crippen LogP contribution is 2.39. The summed E-state index contributed by atoms with van der Waals surface area (Å²) in [6.07, 6.45) is 6.08. The van der Waals surface area contributed by atoms with Crippen molar-refractivity contribution in [3.05, 3.63) is 50.6 Å². The van der Waals surface area contributed by atoms with Crippen LogP contribution in [-0.4, -0.2) is 15.6 Å². The van der Waals surface area contributed by atoms with Crippen LogP contribution in [0.25, 0.3) is 0 Å². The van der Waals surface area contributed by atoms with E-state index in [1.54, 1.807) is 0 Å². The predicted octanol–water partition coefficient (Wildman–Crippen LogP) is 4.28. The predicted molar refractivity (Wildman–Crippen MR) is 92.1 cm³/mol. The lowest BCUT2D eigenvalue weighted by Crippen LogP contribution is -2.34. The van der Waals surface area contributed by atoms with Gasteiger partial charge in [0.25, 0.3) is 5.69 Å². The summed E-state index contributed by atoms with van der Waals surface area (Å²) in [5.74, 6) is 0.403. The zero-order chi connectivity index (χ0) is 17.9. The highest BCUT2D eigenvalue weighted by molar-refractivity contribution is 5.89.